The summed E-state index contributed by atoms with van der Waals surface area (Å²) >= 11 is 6.17. The van der Waals surface area contributed by atoms with Gasteiger partial charge in [0, 0.05) is 19.7 Å². The van der Waals surface area contributed by atoms with E-state index in [1.165, 1.54) is 6.08 Å². The third kappa shape index (κ3) is 4.17. The molecule has 0 fully saturated rings. The largest absolute Gasteiger partial charge is 0.493 e. The highest BCUT2D eigenvalue weighted by atomic mass is 35.5. The fraction of sp³-hybridized carbons (Fsp3) is 0.286. The normalized spacial score (nSPS) is 12.3. The zero-order chi connectivity index (χ0) is 20.3. The number of aryl methyl sites for hydroxylation is 1. The van der Waals surface area contributed by atoms with Gasteiger partial charge in [0.2, 0.25) is 12.7 Å². The summed E-state index contributed by atoms with van der Waals surface area (Å²) < 4.78 is 21.3. The van der Waals surface area contributed by atoms with Crippen molar-refractivity contribution in [3.8, 4) is 23.0 Å². The minimum Gasteiger partial charge on any atom is -0.493 e. The molecule has 2 aromatic carbocycles. The molecule has 1 amide bonds. The van der Waals surface area contributed by atoms with E-state index in [0.717, 1.165) is 16.7 Å². The van der Waals surface area contributed by atoms with Crippen LogP contribution in [0.5, 0.6) is 23.0 Å². The van der Waals surface area contributed by atoms with E-state index in [1.807, 2.05) is 19.1 Å². The molecule has 0 spiro atoms. The molecule has 7 heteroatoms. The predicted molar refractivity (Wildman–Crippen MR) is 107 cm³/mol. The van der Waals surface area contributed by atoms with Gasteiger partial charge in [0.15, 0.2) is 23.0 Å². The molecule has 0 saturated carbocycles. The smallest absolute Gasteiger partial charge is 0.246 e. The summed E-state index contributed by atoms with van der Waals surface area (Å²) in [5.74, 6) is 2.27. The number of amides is 1. The maximum atomic E-state index is 12.5. The molecule has 0 saturated heterocycles. The van der Waals surface area contributed by atoms with Gasteiger partial charge >= 0.3 is 0 Å². The number of hydrogen-bond donors (Lipinski definition) is 0. The predicted octanol–water partition coefficient (Wildman–Crippen LogP) is 4.07. The van der Waals surface area contributed by atoms with Crippen LogP contribution < -0.4 is 18.9 Å². The highest BCUT2D eigenvalue weighted by molar-refractivity contribution is 6.32. The summed E-state index contributed by atoms with van der Waals surface area (Å²) in [6.07, 6.45) is 3.21. The van der Waals surface area contributed by atoms with Crippen LogP contribution in [0.25, 0.3) is 6.08 Å². The van der Waals surface area contributed by atoms with E-state index < -0.39 is 0 Å². The Morgan fingerprint density at radius 1 is 1.18 bits per heavy atom. The van der Waals surface area contributed by atoms with E-state index in [-0.39, 0.29) is 12.7 Å². The van der Waals surface area contributed by atoms with Gasteiger partial charge in [-0.1, -0.05) is 11.6 Å². The molecule has 6 nitrogen and oxygen atoms in total. The number of rotatable bonds is 6. The lowest BCUT2D eigenvalue weighted by Gasteiger charge is -2.18. The Balaban J connectivity index is 1.72. The van der Waals surface area contributed by atoms with Crippen LogP contribution >= 0.6 is 11.6 Å². The summed E-state index contributed by atoms with van der Waals surface area (Å²) in [7, 11) is 4.93. The number of carbonyl (C=O) groups excluding carboxylic acids is 1. The highest BCUT2D eigenvalue weighted by Crippen LogP contribution is 2.40. The van der Waals surface area contributed by atoms with Crippen LogP contribution in [0.1, 0.15) is 16.7 Å². The van der Waals surface area contributed by atoms with Gasteiger partial charge in [-0.15, -0.1) is 0 Å². The van der Waals surface area contributed by atoms with Crippen LogP contribution in [0.3, 0.4) is 0 Å². The Morgan fingerprint density at radius 3 is 2.61 bits per heavy atom. The van der Waals surface area contributed by atoms with Crippen LogP contribution in [0.15, 0.2) is 30.3 Å². The number of benzene rings is 2. The third-order valence-electron chi connectivity index (χ3n) is 4.49. The van der Waals surface area contributed by atoms with E-state index in [9.17, 15) is 4.79 Å². The Kier molecular flexibility index (Phi) is 5.99. The molecule has 1 heterocycles. The van der Waals surface area contributed by atoms with Gasteiger partial charge < -0.3 is 23.8 Å². The molecule has 3 rings (SSSR count). The summed E-state index contributed by atoms with van der Waals surface area (Å²) in [5.41, 5.74) is 2.76. The number of methoxy groups -OCH3 is 2. The van der Waals surface area contributed by atoms with Crippen molar-refractivity contribution < 1.29 is 23.7 Å². The van der Waals surface area contributed by atoms with Gasteiger partial charge in [-0.05, 0) is 54.0 Å². The van der Waals surface area contributed by atoms with Crippen molar-refractivity contribution >= 4 is 23.6 Å². The quantitative estimate of drug-likeness (QED) is 0.680. The van der Waals surface area contributed by atoms with Crippen LogP contribution in [0.4, 0.5) is 0 Å². The first-order chi connectivity index (χ1) is 13.4. The van der Waals surface area contributed by atoms with Crippen molar-refractivity contribution in [2.75, 3.05) is 28.1 Å². The molecule has 0 aliphatic carbocycles. The minimum atomic E-state index is -0.136. The Bertz CT molecular complexity index is 925. The average Bonchev–Trinajstić information content (AvgIpc) is 3.16. The van der Waals surface area contributed by atoms with E-state index in [1.54, 1.807) is 44.4 Å². The lowest BCUT2D eigenvalue weighted by molar-refractivity contribution is -0.125. The standard InChI is InChI=1S/C21H22ClNO5/c1-13-7-17(25-3)18(26-4)10-15(13)11-23(2)20(24)6-5-14-8-16(22)21-19(9-14)27-12-28-21/h5-10H,11-12H2,1-4H3/b6-5+. The van der Waals surface area contributed by atoms with Gasteiger partial charge in [0.1, 0.15) is 0 Å². The van der Waals surface area contributed by atoms with Crippen molar-refractivity contribution in [1.29, 1.82) is 0 Å². The van der Waals surface area contributed by atoms with Crippen LogP contribution in [-0.4, -0.2) is 38.9 Å². The number of fused-ring (bicyclic) bond motifs is 1. The molecule has 1 aliphatic rings. The van der Waals surface area contributed by atoms with Gasteiger partial charge in [-0.2, -0.15) is 0 Å². The minimum absolute atomic E-state index is 0.136. The van der Waals surface area contributed by atoms with E-state index >= 15 is 0 Å². The summed E-state index contributed by atoms with van der Waals surface area (Å²) in [5, 5.41) is 0.455. The van der Waals surface area contributed by atoms with Crippen molar-refractivity contribution in [2.45, 2.75) is 13.5 Å². The molecule has 0 aromatic heterocycles. The maximum absolute atomic E-state index is 12.5. The molecule has 0 N–H and O–H groups in total. The van der Waals surface area contributed by atoms with Crippen molar-refractivity contribution in [3.05, 3.63) is 52.1 Å². The van der Waals surface area contributed by atoms with Crippen molar-refractivity contribution in [2.24, 2.45) is 0 Å². The molecular weight excluding hydrogens is 382 g/mol. The monoisotopic (exact) mass is 403 g/mol. The van der Waals surface area contributed by atoms with Crippen molar-refractivity contribution in [3.63, 3.8) is 0 Å². The molecule has 2 aromatic rings. The third-order valence-corrected chi connectivity index (χ3v) is 4.77. The SMILES string of the molecule is COc1cc(C)c(CN(C)C(=O)/C=C/c2cc(Cl)c3c(c2)OCO3)cc1OC. The molecular formula is C21H22ClNO5. The second kappa shape index (κ2) is 8.44. The topological polar surface area (TPSA) is 57.2 Å². The van der Waals surface area contributed by atoms with Gasteiger partial charge in [-0.3, -0.25) is 4.79 Å². The number of halogens is 1. The molecule has 0 radical (unpaired) electrons. The first kappa shape index (κ1) is 19.9. The lowest BCUT2D eigenvalue weighted by Crippen LogP contribution is -2.24. The second-order valence-corrected chi connectivity index (χ2v) is 6.81. The fourth-order valence-corrected chi connectivity index (χ4v) is 3.18. The zero-order valence-corrected chi connectivity index (χ0v) is 17.0. The number of hydrogen-bond acceptors (Lipinski definition) is 5. The van der Waals surface area contributed by atoms with Crippen LogP contribution in [-0.2, 0) is 11.3 Å². The first-order valence-corrected chi connectivity index (χ1v) is 9.04. The molecule has 0 unspecified atom stereocenters. The Morgan fingerprint density at radius 2 is 1.89 bits per heavy atom. The molecule has 0 atom stereocenters. The van der Waals surface area contributed by atoms with Crippen molar-refractivity contribution in [1.82, 2.24) is 4.90 Å². The van der Waals surface area contributed by atoms with Gasteiger partial charge in [0.05, 0.1) is 19.2 Å². The molecule has 148 valence electrons. The number of likely N-dealkylation sites (N-methyl/N-ethyl adjacent to an activating group) is 1. The zero-order valence-electron chi connectivity index (χ0n) is 16.2. The maximum Gasteiger partial charge on any atom is 0.246 e. The second-order valence-electron chi connectivity index (χ2n) is 6.40. The van der Waals surface area contributed by atoms with E-state index in [2.05, 4.69) is 0 Å². The summed E-state index contributed by atoms with van der Waals surface area (Å²) in [6, 6.07) is 7.31. The fourth-order valence-electron chi connectivity index (χ4n) is 2.90. The summed E-state index contributed by atoms with van der Waals surface area (Å²) in [6.45, 7) is 2.56. The average molecular weight is 404 g/mol. The highest BCUT2D eigenvalue weighted by Gasteiger charge is 2.18. The van der Waals surface area contributed by atoms with Crippen LogP contribution in [0.2, 0.25) is 5.02 Å². The lowest BCUT2D eigenvalue weighted by atomic mass is 10.1. The van der Waals surface area contributed by atoms with Crippen LogP contribution in [0, 0.1) is 6.92 Å². The first-order valence-electron chi connectivity index (χ1n) is 8.66. The van der Waals surface area contributed by atoms with Gasteiger partial charge in [-0.25, -0.2) is 0 Å². The molecule has 0 bridgehead atoms. The van der Waals surface area contributed by atoms with E-state index in [4.69, 9.17) is 30.5 Å². The van der Waals surface area contributed by atoms with E-state index in [0.29, 0.717) is 34.6 Å². The molecule has 28 heavy (non-hydrogen) atoms. The Labute approximate surface area is 169 Å². The number of nitrogens with zero attached hydrogens (tertiary/aromatic N) is 1. The number of carbonyl (C=O) groups is 1. The Hall–Kier alpha value is -2.86. The number of ether oxygens (including phenoxy) is 4. The molecule has 1 aliphatic heterocycles. The summed E-state index contributed by atoms with van der Waals surface area (Å²) in [4.78, 5) is 14.1. The van der Waals surface area contributed by atoms with Gasteiger partial charge in [0.25, 0.3) is 0 Å².